The first kappa shape index (κ1) is 23.0. The molecule has 0 bridgehead atoms. The number of amides is 1. The summed E-state index contributed by atoms with van der Waals surface area (Å²) >= 11 is 1.54. The topological polar surface area (TPSA) is 64.1 Å². The predicted molar refractivity (Wildman–Crippen MR) is 125 cm³/mol. The maximum absolute atomic E-state index is 13.1. The first-order valence-corrected chi connectivity index (χ1v) is 12.3. The third kappa shape index (κ3) is 5.79. The van der Waals surface area contributed by atoms with Gasteiger partial charge in [0.15, 0.2) is 11.5 Å². The number of benzene rings is 1. The molecule has 0 aliphatic carbocycles. The summed E-state index contributed by atoms with van der Waals surface area (Å²) in [6.45, 7) is 9.36. The largest absolute Gasteiger partial charge is 0.493 e. The van der Waals surface area contributed by atoms with Crippen molar-refractivity contribution in [2.75, 3.05) is 39.8 Å². The molecule has 3 heterocycles. The first-order chi connectivity index (χ1) is 15.5. The minimum atomic E-state index is 0.0569. The molecule has 32 heavy (non-hydrogen) atoms. The number of piperidine rings is 1. The van der Waals surface area contributed by atoms with E-state index in [4.69, 9.17) is 14.2 Å². The van der Waals surface area contributed by atoms with Gasteiger partial charge in [-0.15, -0.1) is 11.3 Å². The Labute approximate surface area is 194 Å². The summed E-state index contributed by atoms with van der Waals surface area (Å²) in [4.78, 5) is 21.8. The van der Waals surface area contributed by atoms with Crippen LogP contribution in [-0.2, 0) is 11.3 Å². The van der Waals surface area contributed by atoms with E-state index in [-0.39, 0.29) is 5.91 Å². The van der Waals surface area contributed by atoms with Crippen LogP contribution in [-0.4, -0.2) is 72.7 Å². The van der Waals surface area contributed by atoms with Crippen molar-refractivity contribution >= 4 is 17.2 Å². The summed E-state index contributed by atoms with van der Waals surface area (Å²) in [6.07, 6.45) is 2.67. The van der Waals surface area contributed by atoms with Gasteiger partial charge < -0.3 is 19.1 Å². The first-order valence-electron chi connectivity index (χ1n) is 11.4. The van der Waals surface area contributed by atoms with E-state index in [1.165, 1.54) is 11.3 Å². The molecule has 2 aromatic rings. The number of carbonyl (C=O) groups is 1. The highest BCUT2D eigenvalue weighted by Crippen LogP contribution is 2.30. The predicted octanol–water partition coefficient (Wildman–Crippen LogP) is 3.69. The number of hydrogen-bond acceptors (Lipinski definition) is 7. The van der Waals surface area contributed by atoms with Crippen molar-refractivity contribution in [1.82, 2.24) is 14.8 Å². The summed E-state index contributed by atoms with van der Waals surface area (Å²) in [5.74, 6) is 1.87. The Hall–Kier alpha value is -2.16. The van der Waals surface area contributed by atoms with Crippen molar-refractivity contribution in [3.63, 3.8) is 0 Å². The molecule has 2 fully saturated rings. The lowest BCUT2D eigenvalue weighted by atomic mass is 9.95. The zero-order chi connectivity index (χ0) is 22.5. The second kappa shape index (κ2) is 10.6. The van der Waals surface area contributed by atoms with Crippen LogP contribution in [0.25, 0.3) is 0 Å². The fourth-order valence-corrected chi connectivity index (χ4v) is 5.22. The molecule has 0 N–H and O–H groups in total. The number of nitrogens with zero attached hydrogens (tertiary/aromatic N) is 3. The van der Waals surface area contributed by atoms with E-state index in [0.29, 0.717) is 41.8 Å². The maximum atomic E-state index is 13.1. The molecule has 1 aromatic heterocycles. The Morgan fingerprint density at radius 2 is 1.94 bits per heavy atom. The van der Waals surface area contributed by atoms with Crippen LogP contribution in [0.15, 0.2) is 29.1 Å². The van der Waals surface area contributed by atoms with Gasteiger partial charge in [0.1, 0.15) is 6.61 Å². The number of morpholine rings is 1. The molecule has 4 rings (SSSR count). The van der Waals surface area contributed by atoms with Crippen LogP contribution in [0.4, 0.5) is 0 Å². The van der Waals surface area contributed by atoms with Crippen LogP contribution in [0.3, 0.4) is 0 Å². The molecule has 2 aliphatic rings. The number of thiazole rings is 1. The smallest absolute Gasteiger partial charge is 0.253 e. The van der Waals surface area contributed by atoms with Gasteiger partial charge in [0.2, 0.25) is 0 Å². The highest BCUT2D eigenvalue weighted by molar-refractivity contribution is 7.07. The monoisotopic (exact) mass is 459 g/mol. The quantitative estimate of drug-likeness (QED) is 0.629. The third-order valence-corrected chi connectivity index (χ3v) is 6.82. The maximum Gasteiger partial charge on any atom is 0.253 e. The lowest BCUT2D eigenvalue weighted by Crippen LogP contribution is -2.48. The Morgan fingerprint density at radius 1 is 1.19 bits per heavy atom. The van der Waals surface area contributed by atoms with Crippen molar-refractivity contribution in [1.29, 1.82) is 0 Å². The highest BCUT2D eigenvalue weighted by Gasteiger charge is 2.28. The third-order valence-electron chi connectivity index (χ3n) is 6.18. The van der Waals surface area contributed by atoms with Gasteiger partial charge in [0.05, 0.1) is 30.5 Å². The van der Waals surface area contributed by atoms with Crippen molar-refractivity contribution < 1.29 is 19.0 Å². The van der Waals surface area contributed by atoms with Crippen LogP contribution in [0, 0.1) is 5.92 Å². The van der Waals surface area contributed by atoms with Crippen LogP contribution in [0.2, 0.25) is 0 Å². The van der Waals surface area contributed by atoms with Crippen molar-refractivity contribution in [3.05, 3.63) is 40.3 Å². The van der Waals surface area contributed by atoms with E-state index < -0.39 is 0 Å². The standard InChI is InChI=1S/C24H33N3O4S/c1-17-11-26(12-18(2)31-17)13-19-6-8-27(9-7-19)24(28)20-4-5-22(23(10-20)29-3)30-14-21-15-32-16-25-21/h4-5,10,15-19H,6-9,11-14H2,1-3H3. The van der Waals surface area contributed by atoms with Crippen LogP contribution >= 0.6 is 11.3 Å². The van der Waals surface area contributed by atoms with Crippen LogP contribution in [0.5, 0.6) is 11.5 Å². The summed E-state index contributed by atoms with van der Waals surface area (Å²) < 4.78 is 17.2. The Morgan fingerprint density at radius 3 is 2.59 bits per heavy atom. The van der Waals surface area contributed by atoms with Crippen molar-refractivity contribution in [2.24, 2.45) is 5.92 Å². The number of likely N-dealkylation sites (tertiary alicyclic amines) is 1. The molecule has 174 valence electrons. The van der Waals surface area contributed by atoms with E-state index in [0.717, 1.165) is 51.3 Å². The van der Waals surface area contributed by atoms with E-state index in [9.17, 15) is 4.79 Å². The van der Waals surface area contributed by atoms with E-state index >= 15 is 0 Å². The number of hydrogen-bond donors (Lipinski definition) is 0. The number of ether oxygens (including phenoxy) is 3. The SMILES string of the molecule is COc1cc(C(=O)N2CCC(CN3CC(C)OC(C)C3)CC2)ccc1OCc1cscn1. The molecule has 1 aromatic carbocycles. The van der Waals surface area contributed by atoms with Crippen LogP contribution < -0.4 is 9.47 Å². The fourth-order valence-electron chi connectivity index (χ4n) is 4.68. The van der Waals surface area contributed by atoms with Crippen molar-refractivity contribution in [3.8, 4) is 11.5 Å². The number of aromatic nitrogens is 1. The van der Waals surface area contributed by atoms with Crippen molar-refractivity contribution in [2.45, 2.75) is 45.5 Å². The average molecular weight is 460 g/mol. The fraction of sp³-hybridized carbons (Fsp3) is 0.583. The Bertz CT molecular complexity index is 873. The molecule has 8 heteroatoms. The van der Waals surface area contributed by atoms with Gasteiger partial charge in [-0.3, -0.25) is 9.69 Å². The molecule has 2 saturated heterocycles. The molecule has 0 radical (unpaired) electrons. The van der Waals surface area contributed by atoms with Gasteiger partial charge in [0.25, 0.3) is 5.91 Å². The van der Waals surface area contributed by atoms with Gasteiger partial charge in [-0.05, 0) is 50.8 Å². The summed E-state index contributed by atoms with van der Waals surface area (Å²) in [5, 5.41) is 1.95. The lowest BCUT2D eigenvalue weighted by molar-refractivity contribution is -0.0728. The summed E-state index contributed by atoms with van der Waals surface area (Å²) in [7, 11) is 1.60. The average Bonchev–Trinajstić information content (AvgIpc) is 3.30. The normalized spacial score (nSPS) is 22.7. The van der Waals surface area contributed by atoms with Gasteiger partial charge >= 0.3 is 0 Å². The molecule has 7 nitrogen and oxygen atoms in total. The minimum absolute atomic E-state index is 0.0569. The highest BCUT2D eigenvalue weighted by atomic mass is 32.1. The summed E-state index contributed by atoms with van der Waals surface area (Å²) in [5.41, 5.74) is 3.29. The second-order valence-corrected chi connectivity index (χ2v) is 9.56. The Balaban J connectivity index is 1.30. The van der Waals surface area contributed by atoms with E-state index in [2.05, 4.69) is 23.7 Å². The molecule has 2 unspecified atom stereocenters. The van der Waals surface area contributed by atoms with E-state index in [1.54, 1.807) is 18.7 Å². The van der Waals surface area contributed by atoms with Gasteiger partial charge in [-0.2, -0.15) is 0 Å². The molecule has 2 atom stereocenters. The van der Waals surface area contributed by atoms with Gasteiger partial charge in [-0.25, -0.2) is 4.98 Å². The molecular formula is C24H33N3O4S. The second-order valence-electron chi connectivity index (χ2n) is 8.85. The zero-order valence-corrected chi connectivity index (χ0v) is 20.0. The molecule has 0 spiro atoms. The molecule has 2 aliphatic heterocycles. The zero-order valence-electron chi connectivity index (χ0n) is 19.2. The minimum Gasteiger partial charge on any atom is -0.493 e. The number of methoxy groups -OCH3 is 1. The van der Waals surface area contributed by atoms with Crippen LogP contribution in [0.1, 0.15) is 42.7 Å². The Kier molecular flexibility index (Phi) is 7.65. The molecule has 0 saturated carbocycles. The van der Waals surface area contributed by atoms with Gasteiger partial charge in [0, 0.05) is 43.7 Å². The van der Waals surface area contributed by atoms with Gasteiger partial charge in [-0.1, -0.05) is 0 Å². The summed E-state index contributed by atoms with van der Waals surface area (Å²) in [6, 6.07) is 5.41. The lowest BCUT2D eigenvalue weighted by Gasteiger charge is -2.39. The number of carbonyl (C=O) groups excluding carboxylic acids is 1. The molecular weight excluding hydrogens is 426 g/mol. The van der Waals surface area contributed by atoms with E-state index in [1.807, 2.05) is 22.4 Å². The number of rotatable bonds is 7. The molecule has 1 amide bonds.